The lowest BCUT2D eigenvalue weighted by Gasteiger charge is -2.17. The lowest BCUT2D eigenvalue weighted by atomic mass is 10.1. The van der Waals surface area contributed by atoms with Crippen LogP contribution in [0.25, 0.3) is 17.1 Å². The van der Waals surface area contributed by atoms with Crippen LogP contribution in [0, 0.1) is 12.7 Å². The first-order valence-corrected chi connectivity index (χ1v) is 9.25. The number of carbonyl (C=O) groups is 2. The molecule has 1 unspecified atom stereocenters. The van der Waals surface area contributed by atoms with E-state index in [9.17, 15) is 14.0 Å². The number of esters is 1. The fourth-order valence-corrected chi connectivity index (χ4v) is 3.17. The number of amides is 1. The molecule has 1 aliphatic rings. The first-order chi connectivity index (χ1) is 14.3. The summed E-state index contributed by atoms with van der Waals surface area (Å²) in [5.74, 6) is -1.08. The number of rotatable bonds is 5. The molecule has 1 amide bonds. The Bertz CT molecular complexity index is 1140. The molecule has 0 saturated heterocycles. The molecule has 1 aromatic heterocycles. The van der Waals surface area contributed by atoms with Gasteiger partial charge in [-0.05, 0) is 31.5 Å². The van der Waals surface area contributed by atoms with E-state index in [1.54, 1.807) is 50.2 Å². The van der Waals surface area contributed by atoms with Crippen molar-refractivity contribution in [1.29, 1.82) is 0 Å². The second kappa shape index (κ2) is 7.55. The van der Waals surface area contributed by atoms with Crippen LogP contribution in [0.3, 0.4) is 0 Å². The maximum absolute atomic E-state index is 13.8. The van der Waals surface area contributed by atoms with E-state index < -0.39 is 12.1 Å². The highest BCUT2D eigenvalue weighted by molar-refractivity contribution is 6.10. The molecule has 8 heteroatoms. The Hall–Kier alpha value is -3.81. The summed E-state index contributed by atoms with van der Waals surface area (Å²) in [6, 6.07) is 11.6. The van der Waals surface area contributed by atoms with Crippen LogP contribution >= 0.6 is 0 Å². The lowest BCUT2D eigenvalue weighted by Crippen LogP contribution is -2.30. The molecule has 0 fully saturated rings. The number of hydrogen-bond acceptors (Lipinski definition) is 6. The number of hydrogen-bond donors (Lipinski definition) is 0. The van der Waals surface area contributed by atoms with E-state index in [2.05, 4.69) is 16.7 Å². The predicted molar refractivity (Wildman–Crippen MR) is 105 cm³/mol. The molecule has 152 valence electrons. The molecule has 7 nitrogen and oxygen atoms in total. The van der Waals surface area contributed by atoms with E-state index in [0.717, 1.165) is 0 Å². The number of aryl methyl sites for hydroxylation is 1. The topological polar surface area (TPSA) is 85.5 Å². The molecule has 3 aromatic rings. The molecule has 0 spiro atoms. The quantitative estimate of drug-likeness (QED) is 0.596. The van der Waals surface area contributed by atoms with Gasteiger partial charge < -0.3 is 9.26 Å². The van der Waals surface area contributed by atoms with Gasteiger partial charge in [0.1, 0.15) is 12.4 Å². The zero-order valence-corrected chi connectivity index (χ0v) is 16.4. The highest BCUT2D eigenvalue weighted by Gasteiger charge is 2.33. The predicted octanol–water partition coefficient (Wildman–Crippen LogP) is 3.92. The van der Waals surface area contributed by atoms with E-state index in [0.29, 0.717) is 28.0 Å². The van der Waals surface area contributed by atoms with Gasteiger partial charge >= 0.3 is 5.97 Å². The smallest absolute Gasteiger partial charge is 0.326 e. The summed E-state index contributed by atoms with van der Waals surface area (Å²) in [6.45, 7) is 6.83. The van der Waals surface area contributed by atoms with Crippen molar-refractivity contribution in [2.24, 2.45) is 0 Å². The number of carbonyl (C=O) groups excluding carboxylic acids is 2. The number of halogens is 1. The summed E-state index contributed by atoms with van der Waals surface area (Å²) in [5, 5.41) is 3.82. The number of aromatic nitrogens is 2. The standard InChI is InChI=1S/C22H18FN3O4/c1-12-8-9-15(10-18(12)23)20-24-21(30-25-20)14(3)29-19(27)11-26-13(2)16-6-4-5-7-17(16)22(26)28/h4-10,14H,2,11H2,1,3H3. The van der Waals surface area contributed by atoms with Gasteiger partial charge in [-0.15, -0.1) is 0 Å². The van der Waals surface area contributed by atoms with Crippen molar-refractivity contribution in [1.82, 2.24) is 15.0 Å². The Kier molecular flexibility index (Phi) is 4.91. The monoisotopic (exact) mass is 407 g/mol. The normalized spacial score (nSPS) is 14.0. The van der Waals surface area contributed by atoms with Crippen LogP contribution in [0.1, 0.15) is 40.4 Å². The summed E-state index contributed by atoms with van der Waals surface area (Å²) in [7, 11) is 0. The van der Waals surface area contributed by atoms with Crippen molar-refractivity contribution >= 4 is 17.6 Å². The number of fused-ring (bicyclic) bond motifs is 1. The van der Waals surface area contributed by atoms with Crippen molar-refractivity contribution < 1.29 is 23.2 Å². The third-order valence-electron chi connectivity index (χ3n) is 4.85. The van der Waals surface area contributed by atoms with Crippen LogP contribution in [-0.4, -0.2) is 33.5 Å². The molecule has 2 aromatic carbocycles. The highest BCUT2D eigenvalue weighted by atomic mass is 19.1. The first kappa shape index (κ1) is 19.5. The Balaban J connectivity index is 1.42. The van der Waals surface area contributed by atoms with Crippen molar-refractivity contribution in [3.63, 3.8) is 0 Å². The van der Waals surface area contributed by atoms with Crippen molar-refractivity contribution in [3.05, 3.63) is 77.4 Å². The molecular formula is C22H18FN3O4. The van der Waals surface area contributed by atoms with Crippen LogP contribution in [0.5, 0.6) is 0 Å². The average Bonchev–Trinajstić information content (AvgIpc) is 3.31. The molecule has 0 aliphatic carbocycles. The van der Waals surface area contributed by atoms with Crippen LogP contribution in [-0.2, 0) is 9.53 Å². The van der Waals surface area contributed by atoms with Crippen molar-refractivity contribution in [2.45, 2.75) is 20.0 Å². The minimum Gasteiger partial charge on any atom is -0.451 e. The molecule has 2 heterocycles. The summed E-state index contributed by atoms with van der Waals surface area (Å²) >= 11 is 0. The molecular weight excluding hydrogens is 389 g/mol. The Morgan fingerprint density at radius 1 is 1.27 bits per heavy atom. The van der Waals surface area contributed by atoms with Gasteiger partial charge in [0.05, 0.1) is 0 Å². The fraction of sp³-hybridized carbons (Fsp3) is 0.182. The van der Waals surface area contributed by atoms with Gasteiger partial charge in [-0.3, -0.25) is 14.5 Å². The maximum Gasteiger partial charge on any atom is 0.326 e. The Morgan fingerprint density at radius 3 is 2.70 bits per heavy atom. The molecule has 1 atom stereocenters. The van der Waals surface area contributed by atoms with E-state index in [-0.39, 0.29) is 30.0 Å². The molecule has 0 bridgehead atoms. The minimum atomic E-state index is -0.845. The van der Waals surface area contributed by atoms with Gasteiger partial charge in [-0.25, -0.2) is 4.39 Å². The van der Waals surface area contributed by atoms with Crippen LogP contribution in [0.2, 0.25) is 0 Å². The largest absolute Gasteiger partial charge is 0.451 e. The lowest BCUT2D eigenvalue weighted by molar-refractivity contribution is -0.149. The van der Waals surface area contributed by atoms with E-state index in [1.165, 1.54) is 11.0 Å². The second-order valence-electron chi connectivity index (χ2n) is 6.94. The van der Waals surface area contributed by atoms with Gasteiger partial charge in [0.2, 0.25) is 5.82 Å². The Labute approximate surface area is 171 Å². The van der Waals surface area contributed by atoms with Gasteiger partial charge in [0.15, 0.2) is 6.10 Å². The number of ether oxygens (including phenoxy) is 1. The van der Waals surface area contributed by atoms with Gasteiger partial charge in [0.25, 0.3) is 11.8 Å². The van der Waals surface area contributed by atoms with Gasteiger partial charge in [-0.1, -0.05) is 42.1 Å². The maximum atomic E-state index is 13.8. The van der Waals surface area contributed by atoms with Crippen LogP contribution < -0.4 is 0 Å². The molecule has 30 heavy (non-hydrogen) atoms. The summed E-state index contributed by atoms with van der Waals surface area (Å²) in [6.07, 6.45) is -0.845. The van der Waals surface area contributed by atoms with Crippen molar-refractivity contribution in [3.8, 4) is 11.4 Å². The zero-order chi connectivity index (χ0) is 21.4. The number of benzene rings is 2. The average molecular weight is 407 g/mol. The van der Waals surface area contributed by atoms with E-state index in [4.69, 9.17) is 9.26 Å². The van der Waals surface area contributed by atoms with E-state index >= 15 is 0 Å². The summed E-state index contributed by atoms with van der Waals surface area (Å²) in [4.78, 5) is 30.3. The van der Waals surface area contributed by atoms with Gasteiger partial charge in [0, 0.05) is 22.4 Å². The minimum absolute atomic E-state index is 0.0641. The van der Waals surface area contributed by atoms with Crippen LogP contribution in [0.4, 0.5) is 4.39 Å². The summed E-state index contributed by atoms with van der Waals surface area (Å²) < 4.78 is 24.3. The summed E-state index contributed by atoms with van der Waals surface area (Å²) in [5.41, 5.74) is 2.58. The highest BCUT2D eigenvalue weighted by Crippen LogP contribution is 2.31. The number of nitrogens with zero attached hydrogens (tertiary/aromatic N) is 3. The van der Waals surface area contributed by atoms with E-state index in [1.807, 2.05) is 0 Å². The fourth-order valence-electron chi connectivity index (χ4n) is 3.17. The molecule has 0 N–H and O–H groups in total. The molecule has 0 saturated carbocycles. The van der Waals surface area contributed by atoms with Gasteiger partial charge in [-0.2, -0.15) is 4.98 Å². The third kappa shape index (κ3) is 3.47. The second-order valence-corrected chi connectivity index (χ2v) is 6.94. The third-order valence-corrected chi connectivity index (χ3v) is 4.85. The Morgan fingerprint density at radius 2 is 2.00 bits per heavy atom. The molecule has 0 radical (unpaired) electrons. The molecule has 1 aliphatic heterocycles. The molecule has 4 rings (SSSR count). The zero-order valence-electron chi connectivity index (χ0n) is 16.4. The SMILES string of the molecule is C=C1c2ccccc2C(=O)N1CC(=O)OC(C)c1nc(-c2ccc(C)c(F)c2)no1. The first-order valence-electron chi connectivity index (χ1n) is 9.25. The van der Waals surface area contributed by atoms with Crippen molar-refractivity contribution in [2.75, 3.05) is 6.54 Å². The van der Waals surface area contributed by atoms with Crippen LogP contribution in [0.15, 0.2) is 53.6 Å².